The number of likely N-dealkylation sites (tertiary alicyclic amines) is 1. The molecule has 6 nitrogen and oxygen atoms in total. The first-order valence-electron chi connectivity index (χ1n) is 8.00. The Kier molecular flexibility index (Phi) is 5.20. The van der Waals surface area contributed by atoms with Gasteiger partial charge in [-0.25, -0.2) is 0 Å². The molecule has 0 aliphatic carbocycles. The number of nitrogens with two attached hydrogens (primary N) is 1. The summed E-state index contributed by atoms with van der Waals surface area (Å²) in [6, 6.07) is 4.68. The number of anilines is 1. The molecule has 0 amide bonds. The third-order valence-corrected chi connectivity index (χ3v) is 5.35. The SMILES string of the molecule is CN(CCc1nnc(N)s1)C[C@@H]1CCN(C)[C@H]1c1cccnc1. The van der Waals surface area contributed by atoms with Crippen LogP contribution >= 0.6 is 11.3 Å². The van der Waals surface area contributed by atoms with Gasteiger partial charge in [-0.2, -0.15) is 0 Å². The van der Waals surface area contributed by atoms with Crippen LogP contribution in [0.1, 0.15) is 23.0 Å². The highest BCUT2D eigenvalue weighted by Crippen LogP contribution is 2.36. The summed E-state index contributed by atoms with van der Waals surface area (Å²) in [6.45, 7) is 3.21. The van der Waals surface area contributed by atoms with Crippen LogP contribution in [0.3, 0.4) is 0 Å². The van der Waals surface area contributed by atoms with Crippen LogP contribution in [-0.4, -0.2) is 58.7 Å². The molecule has 2 aromatic heterocycles. The van der Waals surface area contributed by atoms with Crippen molar-refractivity contribution in [1.82, 2.24) is 25.0 Å². The van der Waals surface area contributed by atoms with Gasteiger partial charge < -0.3 is 10.6 Å². The van der Waals surface area contributed by atoms with Gasteiger partial charge in [0.15, 0.2) is 0 Å². The van der Waals surface area contributed by atoms with Crippen molar-refractivity contribution in [2.24, 2.45) is 5.92 Å². The Labute approximate surface area is 141 Å². The number of likely N-dealkylation sites (N-methyl/N-ethyl adjacent to an activating group) is 1. The summed E-state index contributed by atoms with van der Waals surface area (Å²) >= 11 is 1.48. The number of pyridine rings is 1. The van der Waals surface area contributed by atoms with E-state index in [1.54, 1.807) is 0 Å². The van der Waals surface area contributed by atoms with Crippen molar-refractivity contribution >= 4 is 16.5 Å². The molecule has 0 radical (unpaired) electrons. The first-order chi connectivity index (χ1) is 11.1. The predicted octanol–water partition coefficient (Wildman–Crippen LogP) is 1.68. The second-order valence-electron chi connectivity index (χ2n) is 6.31. The summed E-state index contributed by atoms with van der Waals surface area (Å²) in [4.78, 5) is 9.13. The maximum atomic E-state index is 5.63. The molecular formula is C16H24N6S. The molecule has 1 fully saturated rings. The van der Waals surface area contributed by atoms with Crippen LogP contribution in [0, 0.1) is 5.92 Å². The Morgan fingerprint density at radius 2 is 2.30 bits per heavy atom. The first kappa shape index (κ1) is 16.3. The number of rotatable bonds is 6. The lowest BCUT2D eigenvalue weighted by molar-refractivity contribution is 0.219. The summed E-state index contributed by atoms with van der Waals surface area (Å²) < 4.78 is 0. The van der Waals surface area contributed by atoms with E-state index in [1.807, 2.05) is 18.5 Å². The number of hydrogen-bond donors (Lipinski definition) is 1. The molecule has 0 unspecified atom stereocenters. The van der Waals surface area contributed by atoms with Gasteiger partial charge in [0, 0.05) is 37.9 Å². The molecule has 2 N–H and O–H groups in total. The number of hydrogen-bond acceptors (Lipinski definition) is 7. The largest absolute Gasteiger partial charge is 0.374 e. The molecule has 0 bridgehead atoms. The fourth-order valence-corrected chi connectivity index (χ4v) is 4.04. The second-order valence-corrected chi connectivity index (χ2v) is 7.40. The molecule has 3 rings (SSSR count). The van der Waals surface area contributed by atoms with Crippen LogP contribution < -0.4 is 5.73 Å². The summed E-state index contributed by atoms with van der Waals surface area (Å²) in [5.74, 6) is 0.633. The maximum Gasteiger partial charge on any atom is 0.203 e. The Hall–Kier alpha value is -1.57. The summed E-state index contributed by atoms with van der Waals surface area (Å²) in [7, 11) is 4.39. The van der Waals surface area contributed by atoms with Crippen molar-refractivity contribution in [2.45, 2.75) is 18.9 Å². The molecule has 1 saturated heterocycles. The van der Waals surface area contributed by atoms with E-state index in [1.165, 1.54) is 23.3 Å². The zero-order valence-electron chi connectivity index (χ0n) is 13.7. The minimum Gasteiger partial charge on any atom is -0.374 e. The summed E-state index contributed by atoms with van der Waals surface area (Å²) in [5, 5.41) is 9.54. The molecule has 1 aliphatic heterocycles. The smallest absolute Gasteiger partial charge is 0.203 e. The van der Waals surface area contributed by atoms with Crippen LogP contribution in [-0.2, 0) is 6.42 Å². The van der Waals surface area contributed by atoms with E-state index in [-0.39, 0.29) is 0 Å². The molecule has 23 heavy (non-hydrogen) atoms. The number of nitrogens with zero attached hydrogens (tertiary/aromatic N) is 5. The standard InChI is InChI=1S/C16H24N6S/c1-21(8-6-14-19-20-16(17)23-14)11-13-5-9-22(2)15(13)12-4-3-7-18-10-12/h3-4,7,10,13,15H,5-6,8-9,11H2,1-2H3,(H2,17,20)/t13-,15-/m0/s1. The van der Waals surface area contributed by atoms with E-state index in [4.69, 9.17) is 5.73 Å². The molecule has 0 saturated carbocycles. The molecule has 7 heteroatoms. The maximum absolute atomic E-state index is 5.63. The van der Waals surface area contributed by atoms with Crippen molar-refractivity contribution in [3.63, 3.8) is 0 Å². The quantitative estimate of drug-likeness (QED) is 0.868. The fourth-order valence-electron chi connectivity index (χ4n) is 3.44. The zero-order chi connectivity index (χ0) is 16.2. The van der Waals surface area contributed by atoms with Crippen LogP contribution in [0.5, 0.6) is 0 Å². The van der Waals surface area contributed by atoms with Gasteiger partial charge in [-0.05, 0) is 44.6 Å². The van der Waals surface area contributed by atoms with Crippen LogP contribution in [0.25, 0.3) is 0 Å². The van der Waals surface area contributed by atoms with Crippen molar-refractivity contribution in [3.05, 3.63) is 35.1 Å². The molecule has 124 valence electrons. The zero-order valence-corrected chi connectivity index (χ0v) is 14.5. The van der Waals surface area contributed by atoms with E-state index >= 15 is 0 Å². The van der Waals surface area contributed by atoms with Crippen molar-refractivity contribution in [3.8, 4) is 0 Å². The highest BCUT2D eigenvalue weighted by atomic mass is 32.1. The highest BCUT2D eigenvalue weighted by Gasteiger charge is 2.33. The van der Waals surface area contributed by atoms with Gasteiger partial charge in [0.1, 0.15) is 5.01 Å². The molecule has 3 heterocycles. The Morgan fingerprint density at radius 1 is 1.43 bits per heavy atom. The van der Waals surface area contributed by atoms with Crippen molar-refractivity contribution in [2.75, 3.05) is 39.5 Å². The summed E-state index contributed by atoms with van der Waals surface area (Å²) in [6.07, 6.45) is 5.98. The minimum absolute atomic E-state index is 0.461. The summed E-state index contributed by atoms with van der Waals surface area (Å²) in [5.41, 5.74) is 6.96. The molecule has 0 aromatic carbocycles. The Morgan fingerprint density at radius 3 is 3.00 bits per heavy atom. The van der Waals surface area contributed by atoms with Crippen molar-refractivity contribution < 1.29 is 0 Å². The van der Waals surface area contributed by atoms with Crippen LogP contribution in [0.2, 0.25) is 0 Å². The molecule has 0 spiro atoms. The van der Waals surface area contributed by atoms with E-state index in [2.05, 4.69) is 45.1 Å². The Bertz CT molecular complexity index is 616. The van der Waals surface area contributed by atoms with Crippen LogP contribution in [0.4, 0.5) is 5.13 Å². The third-order valence-electron chi connectivity index (χ3n) is 4.54. The van der Waals surface area contributed by atoms with Gasteiger partial charge in [0.05, 0.1) is 0 Å². The van der Waals surface area contributed by atoms with Gasteiger partial charge >= 0.3 is 0 Å². The predicted molar refractivity (Wildman–Crippen MR) is 93.2 cm³/mol. The highest BCUT2D eigenvalue weighted by molar-refractivity contribution is 7.15. The van der Waals surface area contributed by atoms with Gasteiger partial charge in [-0.15, -0.1) is 10.2 Å². The Balaban J connectivity index is 1.57. The lowest BCUT2D eigenvalue weighted by Crippen LogP contribution is -2.31. The van der Waals surface area contributed by atoms with E-state index in [0.717, 1.165) is 31.1 Å². The van der Waals surface area contributed by atoms with Crippen LogP contribution in [0.15, 0.2) is 24.5 Å². The molecule has 1 aliphatic rings. The molecule has 2 atom stereocenters. The normalized spacial score (nSPS) is 22.0. The third kappa shape index (κ3) is 4.04. The first-order valence-corrected chi connectivity index (χ1v) is 8.81. The molecular weight excluding hydrogens is 308 g/mol. The molecule has 2 aromatic rings. The fraction of sp³-hybridized carbons (Fsp3) is 0.562. The monoisotopic (exact) mass is 332 g/mol. The van der Waals surface area contributed by atoms with Gasteiger partial charge in [0.2, 0.25) is 5.13 Å². The average molecular weight is 332 g/mol. The lowest BCUT2D eigenvalue weighted by Gasteiger charge is -2.28. The second kappa shape index (κ2) is 7.33. The lowest BCUT2D eigenvalue weighted by atomic mass is 9.94. The van der Waals surface area contributed by atoms with E-state index in [0.29, 0.717) is 17.1 Å². The minimum atomic E-state index is 0.461. The number of nitrogen functional groups attached to an aromatic ring is 1. The van der Waals surface area contributed by atoms with Gasteiger partial charge in [-0.1, -0.05) is 17.4 Å². The van der Waals surface area contributed by atoms with E-state index < -0.39 is 0 Å². The van der Waals surface area contributed by atoms with E-state index in [9.17, 15) is 0 Å². The van der Waals surface area contributed by atoms with Crippen molar-refractivity contribution in [1.29, 1.82) is 0 Å². The topological polar surface area (TPSA) is 71.2 Å². The van der Waals surface area contributed by atoms with Gasteiger partial charge in [0.25, 0.3) is 0 Å². The van der Waals surface area contributed by atoms with Gasteiger partial charge in [-0.3, -0.25) is 9.88 Å². The average Bonchev–Trinajstić information content (AvgIpc) is 3.12. The number of aromatic nitrogens is 3.